The first-order chi connectivity index (χ1) is 12.7. The standard InChI is InChI=1S/C22H35N3O2/c1-21(2)15-19(16-22(3,4)23(21)5)24-11-13-25(14-12-24)20(26)27-17-18-9-7-6-8-10-18/h6-10,19H,11-17H2,1-5H3. The van der Waals surface area contributed by atoms with E-state index in [4.69, 9.17) is 4.74 Å². The summed E-state index contributed by atoms with van der Waals surface area (Å²) in [6.45, 7) is 13.1. The normalized spacial score (nSPS) is 24.0. The van der Waals surface area contributed by atoms with Gasteiger partial charge in [-0.1, -0.05) is 30.3 Å². The number of piperidine rings is 1. The van der Waals surface area contributed by atoms with Gasteiger partial charge in [0.1, 0.15) is 6.61 Å². The first-order valence-corrected chi connectivity index (χ1v) is 10.1. The van der Waals surface area contributed by atoms with E-state index in [1.807, 2.05) is 35.2 Å². The molecule has 2 saturated heterocycles. The van der Waals surface area contributed by atoms with E-state index in [1.54, 1.807) is 0 Å². The molecule has 2 fully saturated rings. The van der Waals surface area contributed by atoms with E-state index in [-0.39, 0.29) is 17.2 Å². The average Bonchev–Trinajstić information content (AvgIpc) is 2.64. The molecule has 0 atom stereocenters. The molecule has 0 unspecified atom stereocenters. The van der Waals surface area contributed by atoms with Crippen LogP contribution in [-0.4, -0.2) is 71.1 Å². The Balaban J connectivity index is 1.50. The second-order valence-electron chi connectivity index (χ2n) is 9.31. The van der Waals surface area contributed by atoms with Gasteiger partial charge in [0.25, 0.3) is 0 Å². The molecule has 0 aliphatic carbocycles. The van der Waals surface area contributed by atoms with Crippen LogP contribution in [-0.2, 0) is 11.3 Å². The number of carbonyl (C=O) groups is 1. The van der Waals surface area contributed by atoms with Crippen LogP contribution < -0.4 is 0 Å². The molecular weight excluding hydrogens is 338 g/mol. The Bertz CT molecular complexity index is 618. The molecule has 0 aromatic heterocycles. The number of amides is 1. The lowest BCUT2D eigenvalue weighted by Crippen LogP contribution is -2.64. The van der Waals surface area contributed by atoms with E-state index in [2.05, 4.69) is 44.5 Å². The van der Waals surface area contributed by atoms with Gasteiger partial charge in [0.2, 0.25) is 0 Å². The fourth-order valence-electron chi connectivity index (χ4n) is 4.66. The summed E-state index contributed by atoms with van der Waals surface area (Å²) in [5.74, 6) is 0. The van der Waals surface area contributed by atoms with E-state index in [1.165, 1.54) is 12.8 Å². The molecular formula is C22H35N3O2. The van der Waals surface area contributed by atoms with Gasteiger partial charge in [-0.25, -0.2) is 4.79 Å². The number of nitrogens with zero attached hydrogens (tertiary/aromatic N) is 3. The predicted octanol–water partition coefficient (Wildman–Crippen LogP) is 3.59. The highest BCUT2D eigenvalue weighted by molar-refractivity contribution is 5.67. The van der Waals surface area contributed by atoms with Crippen LogP contribution in [0.4, 0.5) is 4.79 Å². The van der Waals surface area contributed by atoms with Gasteiger partial charge in [0.15, 0.2) is 0 Å². The number of hydrogen-bond acceptors (Lipinski definition) is 4. The van der Waals surface area contributed by atoms with E-state index in [0.717, 1.165) is 31.7 Å². The van der Waals surface area contributed by atoms with Crippen molar-refractivity contribution < 1.29 is 9.53 Å². The first-order valence-electron chi connectivity index (χ1n) is 10.1. The minimum absolute atomic E-state index is 0.192. The molecule has 27 heavy (non-hydrogen) atoms. The topological polar surface area (TPSA) is 36.0 Å². The van der Waals surface area contributed by atoms with Gasteiger partial charge in [-0.2, -0.15) is 0 Å². The summed E-state index contributed by atoms with van der Waals surface area (Å²) < 4.78 is 5.49. The zero-order valence-electron chi connectivity index (χ0n) is 17.6. The van der Waals surface area contributed by atoms with Gasteiger partial charge in [0, 0.05) is 43.3 Å². The minimum atomic E-state index is -0.192. The van der Waals surface area contributed by atoms with Gasteiger partial charge in [0.05, 0.1) is 0 Å². The number of carbonyl (C=O) groups excluding carboxylic acids is 1. The molecule has 5 heteroatoms. The molecule has 5 nitrogen and oxygen atoms in total. The third kappa shape index (κ3) is 4.64. The molecule has 2 aliphatic heterocycles. The fourth-order valence-corrected chi connectivity index (χ4v) is 4.66. The predicted molar refractivity (Wildman–Crippen MR) is 109 cm³/mol. The van der Waals surface area contributed by atoms with Crippen LogP contribution in [0.3, 0.4) is 0 Å². The van der Waals surface area contributed by atoms with Crippen molar-refractivity contribution in [3.63, 3.8) is 0 Å². The molecule has 1 aromatic carbocycles. The molecule has 0 bridgehead atoms. The van der Waals surface area contributed by atoms with Gasteiger partial charge in [-0.05, 0) is 53.1 Å². The number of likely N-dealkylation sites (tertiary alicyclic amines) is 1. The van der Waals surface area contributed by atoms with Gasteiger partial charge < -0.3 is 9.64 Å². The summed E-state index contributed by atoms with van der Waals surface area (Å²) >= 11 is 0. The molecule has 0 spiro atoms. The van der Waals surface area contributed by atoms with Crippen LogP contribution in [0.1, 0.15) is 46.1 Å². The summed E-state index contributed by atoms with van der Waals surface area (Å²) in [4.78, 5) is 19.3. The molecule has 0 radical (unpaired) electrons. The lowest BCUT2D eigenvalue weighted by Gasteiger charge is -2.56. The maximum Gasteiger partial charge on any atom is 0.410 e. The van der Waals surface area contributed by atoms with Crippen molar-refractivity contribution >= 4 is 6.09 Å². The number of piperazine rings is 1. The SMILES string of the molecule is CN1C(C)(C)CC(N2CCN(C(=O)OCc3ccccc3)CC2)CC1(C)C. The summed E-state index contributed by atoms with van der Waals surface area (Å²) in [6.07, 6.45) is 2.15. The highest BCUT2D eigenvalue weighted by Gasteiger charge is 2.45. The van der Waals surface area contributed by atoms with Crippen LogP contribution in [0.2, 0.25) is 0 Å². The Labute approximate surface area is 164 Å². The summed E-state index contributed by atoms with van der Waals surface area (Å²) in [5.41, 5.74) is 1.41. The Morgan fingerprint density at radius 2 is 1.56 bits per heavy atom. The number of benzene rings is 1. The van der Waals surface area contributed by atoms with E-state index >= 15 is 0 Å². The minimum Gasteiger partial charge on any atom is -0.445 e. The monoisotopic (exact) mass is 373 g/mol. The largest absolute Gasteiger partial charge is 0.445 e. The van der Waals surface area contributed by atoms with Gasteiger partial charge in [-0.15, -0.1) is 0 Å². The maximum atomic E-state index is 12.4. The van der Waals surface area contributed by atoms with Crippen LogP contribution in [0.25, 0.3) is 0 Å². The summed E-state index contributed by atoms with van der Waals surface area (Å²) in [5, 5.41) is 0. The third-order valence-corrected chi connectivity index (χ3v) is 6.58. The molecule has 1 aromatic rings. The van der Waals surface area contributed by atoms with Crippen LogP contribution in [0.5, 0.6) is 0 Å². The van der Waals surface area contributed by atoms with Gasteiger partial charge in [-0.3, -0.25) is 9.80 Å². The molecule has 150 valence electrons. The van der Waals surface area contributed by atoms with Crippen LogP contribution in [0, 0.1) is 0 Å². The number of ether oxygens (including phenoxy) is 1. The van der Waals surface area contributed by atoms with E-state index < -0.39 is 0 Å². The lowest BCUT2D eigenvalue weighted by atomic mass is 9.77. The highest BCUT2D eigenvalue weighted by atomic mass is 16.6. The smallest absolute Gasteiger partial charge is 0.410 e. The Morgan fingerprint density at radius 3 is 2.11 bits per heavy atom. The molecule has 2 aliphatic rings. The summed E-state index contributed by atoms with van der Waals surface area (Å²) in [7, 11) is 2.25. The van der Waals surface area contributed by atoms with E-state index in [0.29, 0.717) is 12.6 Å². The zero-order valence-corrected chi connectivity index (χ0v) is 17.6. The average molecular weight is 374 g/mol. The van der Waals surface area contributed by atoms with Gasteiger partial charge >= 0.3 is 6.09 Å². The van der Waals surface area contributed by atoms with Crippen molar-refractivity contribution in [2.45, 2.75) is 64.3 Å². The lowest BCUT2D eigenvalue weighted by molar-refractivity contribution is -0.0553. The van der Waals surface area contributed by atoms with E-state index in [9.17, 15) is 4.79 Å². The highest BCUT2D eigenvalue weighted by Crippen LogP contribution is 2.39. The Kier molecular flexibility index (Phi) is 5.82. The number of rotatable bonds is 3. The molecule has 0 saturated carbocycles. The number of hydrogen-bond donors (Lipinski definition) is 0. The van der Waals surface area contributed by atoms with Crippen LogP contribution in [0.15, 0.2) is 30.3 Å². The molecule has 1 amide bonds. The quantitative estimate of drug-likeness (QED) is 0.811. The second kappa shape index (κ2) is 7.80. The van der Waals surface area contributed by atoms with Crippen molar-refractivity contribution in [2.75, 3.05) is 33.2 Å². The molecule has 3 rings (SSSR count). The van der Waals surface area contributed by atoms with Crippen molar-refractivity contribution in [3.8, 4) is 0 Å². The fraction of sp³-hybridized carbons (Fsp3) is 0.682. The van der Waals surface area contributed by atoms with Crippen molar-refractivity contribution in [2.24, 2.45) is 0 Å². The van der Waals surface area contributed by atoms with Crippen molar-refractivity contribution in [1.29, 1.82) is 0 Å². The molecule has 2 heterocycles. The third-order valence-electron chi connectivity index (χ3n) is 6.58. The second-order valence-corrected chi connectivity index (χ2v) is 9.31. The first kappa shape index (κ1) is 20.2. The summed E-state index contributed by atoms with van der Waals surface area (Å²) in [6, 6.07) is 10.4. The Hall–Kier alpha value is -1.59. The Morgan fingerprint density at radius 1 is 1.00 bits per heavy atom. The van der Waals surface area contributed by atoms with Crippen molar-refractivity contribution in [1.82, 2.24) is 14.7 Å². The maximum absolute atomic E-state index is 12.4. The van der Waals surface area contributed by atoms with Crippen molar-refractivity contribution in [3.05, 3.63) is 35.9 Å². The van der Waals surface area contributed by atoms with Crippen LogP contribution >= 0.6 is 0 Å². The molecule has 0 N–H and O–H groups in total. The zero-order chi connectivity index (χ0) is 19.7.